The zero-order valence-electron chi connectivity index (χ0n) is 18.1. The van der Waals surface area contributed by atoms with Gasteiger partial charge < -0.3 is 14.6 Å². The summed E-state index contributed by atoms with van der Waals surface area (Å²) in [6, 6.07) is 0. The lowest BCUT2D eigenvalue weighted by atomic mass is 9.81. The third kappa shape index (κ3) is 12.4. The second-order valence-corrected chi connectivity index (χ2v) is 8.69. The molecule has 0 aromatic heterocycles. The highest BCUT2D eigenvalue weighted by molar-refractivity contribution is 5.75. The normalized spacial score (nSPS) is 19.7. The van der Waals surface area contributed by atoms with Crippen molar-refractivity contribution in [2.75, 3.05) is 19.8 Å². The van der Waals surface area contributed by atoms with Gasteiger partial charge >= 0.3 is 11.9 Å². The number of carbonyl (C=O) groups is 2. The summed E-state index contributed by atoms with van der Waals surface area (Å²) in [5.41, 5.74) is 0. The number of hydrogen-bond donors (Lipinski definition) is 1. The second kappa shape index (κ2) is 15.8. The third-order valence-corrected chi connectivity index (χ3v) is 5.65. The smallest absolute Gasteiger partial charge is 0.309 e. The topological polar surface area (TPSA) is 72.8 Å². The van der Waals surface area contributed by atoms with Gasteiger partial charge in [0.1, 0.15) is 6.61 Å². The van der Waals surface area contributed by atoms with E-state index in [1.807, 2.05) is 0 Å². The molecule has 1 saturated carbocycles. The monoisotopic (exact) mass is 398 g/mol. The molecule has 28 heavy (non-hydrogen) atoms. The molecular formula is C23H42O5. The Hall–Kier alpha value is -1.10. The van der Waals surface area contributed by atoms with Gasteiger partial charge in [-0.25, -0.2) is 0 Å². The van der Waals surface area contributed by atoms with E-state index in [4.69, 9.17) is 14.6 Å². The number of unbranched alkanes of at least 4 members (excludes halogenated alkanes) is 7. The Kier molecular flexibility index (Phi) is 14.1. The highest BCUT2D eigenvalue weighted by Crippen LogP contribution is 2.30. The molecule has 0 aliphatic heterocycles. The Bertz CT molecular complexity index is 421. The lowest BCUT2D eigenvalue weighted by molar-refractivity contribution is -0.153. The van der Waals surface area contributed by atoms with Crippen LogP contribution in [0.25, 0.3) is 0 Å². The molecule has 0 amide bonds. The van der Waals surface area contributed by atoms with Crippen LogP contribution in [0.15, 0.2) is 0 Å². The van der Waals surface area contributed by atoms with E-state index < -0.39 is 11.9 Å². The molecule has 0 bridgehead atoms. The van der Waals surface area contributed by atoms with Gasteiger partial charge in [0.25, 0.3) is 0 Å². The van der Waals surface area contributed by atoms with Crippen molar-refractivity contribution in [3.05, 3.63) is 0 Å². The maximum atomic E-state index is 12.0. The maximum Gasteiger partial charge on any atom is 0.309 e. The summed E-state index contributed by atoms with van der Waals surface area (Å²) in [4.78, 5) is 23.1. The van der Waals surface area contributed by atoms with E-state index in [1.165, 1.54) is 51.4 Å². The molecule has 1 aliphatic rings. The average molecular weight is 399 g/mol. The number of hydrogen-bond acceptors (Lipinski definition) is 4. The number of rotatable bonds is 16. The van der Waals surface area contributed by atoms with E-state index in [-0.39, 0.29) is 18.5 Å². The zero-order chi connectivity index (χ0) is 20.6. The molecule has 1 aliphatic carbocycles. The molecule has 0 saturated heterocycles. The molecule has 2 unspecified atom stereocenters. The Morgan fingerprint density at radius 3 is 2.11 bits per heavy atom. The van der Waals surface area contributed by atoms with E-state index in [0.29, 0.717) is 19.4 Å². The van der Waals surface area contributed by atoms with Crippen LogP contribution in [0.3, 0.4) is 0 Å². The zero-order valence-corrected chi connectivity index (χ0v) is 18.1. The summed E-state index contributed by atoms with van der Waals surface area (Å²) in [6.45, 7) is 6.00. The number of carboxylic acids is 1. The molecule has 2 atom stereocenters. The lowest BCUT2D eigenvalue weighted by Gasteiger charge is -2.24. The van der Waals surface area contributed by atoms with E-state index >= 15 is 0 Å². The number of carbonyl (C=O) groups excluding carboxylic acids is 1. The predicted molar refractivity (Wildman–Crippen MR) is 111 cm³/mol. The second-order valence-electron chi connectivity index (χ2n) is 8.69. The standard InChI is InChI=1S/C23H42O5/c1-19(2)12-9-7-5-3-4-6-8-10-15-27-16-17-28-23(26)21-14-11-13-20(18-21)22(24)25/h19-21H,3-18H2,1-2H3,(H,24,25). The van der Waals surface area contributed by atoms with Gasteiger partial charge in [-0.3, -0.25) is 9.59 Å². The van der Waals surface area contributed by atoms with E-state index in [1.54, 1.807) is 0 Å². The number of aliphatic carboxylic acids is 1. The van der Waals surface area contributed by atoms with Gasteiger partial charge in [-0.15, -0.1) is 0 Å². The Balaban J connectivity index is 1.86. The van der Waals surface area contributed by atoms with Crippen LogP contribution < -0.4 is 0 Å². The van der Waals surface area contributed by atoms with Crippen molar-refractivity contribution in [3.8, 4) is 0 Å². The number of carboxylic acid groups (broad SMARTS) is 1. The fraction of sp³-hybridized carbons (Fsp3) is 0.913. The molecule has 164 valence electrons. The van der Waals surface area contributed by atoms with Gasteiger partial charge in [-0.05, 0) is 31.6 Å². The minimum atomic E-state index is -0.799. The molecule has 0 radical (unpaired) electrons. The van der Waals surface area contributed by atoms with Gasteiger partial charge in [0.2, 0.25) is 0 Å². The summed E-state index contributed by atoms with van der Waals surface area (Å²) in [5.74, 6) is -0.891. The first-order valence-electron chi connectivity index (χ1n) is 11.5. The van der Waals surface area contributed by atoms with Gasteiger partial charge in [0.05, 0.1) is 18.4 Å². The molecule has 1 N–H and O–H groups in total. The largest absolute Gasteiger partial charge is 0.481 e. The molecule has 5 heteroatoms. The predicted octanol–water partition coefficient (Wildman–Crippen LogP) is 5.60. The van der Waals surface area contributed by atoms with Crippen LogP contribution in [-0.2, 0) is 19.1 Å². The van der Waals surface area contributed by atoms with Crippen LogP contribution in [0.5, 0.6) is 0 Å². The number of ether oxygens (including phenoxy) is 2. The molecular weight excluding hydrogens is 356 g/mol. The SMILES string of the molecule is CC(C)CCCCCCCCCCOCCOC(=O)C1CCCC(C(=O)O)C1. The first kappa shape index (κ1) is 24.9. The van der Waals surface area contributed by atoms with Crippen molar-refractivity contribution in [1.82, 2.24) is 0 Å². The van der Waals surface area contributed by atoms with Crippen molar-refractivity contribution in [1.29, 1.82) is 0 Å². The van der Waals surface area contributed by atoms with E-state index in [9.17, 15) is 9.59 Å². The molecule has 1 fully saturated rings. The quantitative estimate of drug-likeness (QED) is 0.270. The lowest BCUT2D eigenvalue weighted by Crippen LogP contribution is -2.29. The van der Waals surface area contributed by atoms with Crippen LogP contribution in [0.4, 0.5) is 0 Å². The fourth-order valence-corrected chi connectivity index (χ4v) is 3.87. The molecule has 0 aromatic rings. The molecule has 0 aromatic carbocycles. The average Bonchev–Trinajstić information content (AvgIpc) is 2.67. The minimum absolute atomic E-state index is 0.261. The van der Waals surface area contributed by atoms with Gasteiger partial charge in [-0.2, -0.15) is 0 Å². The Labute approximate surface area is 171 Å². The summed E-state index contributed by atoms with van der Waals surface area (Å²) >= 11 is 0. The summed E-state index contributed by atoms with van der Waals surface area (Å²) in [7, 11) is 0. The third-order valence-electron chi connectivity index (χ3n) is 5.65. The molecule has 0 heterocycles. The first-order valence-corrected chi connectivity index (χ1v) is 11.5. The van der Waals surface area contributed by atoms with Crippen molar-refractivity contribution < 1.29 is 24.2 Å². The van der Waals surface area contributed by atoms with Crippen molar-refractivity contribution >= 4 is 11.9 Å². The van der Waals surface area contributed by atoms with Crippen LogP contribution in [0, 0.1) is 17.8 Å². The Morgan fingerprint density at radius 2 is 1.46 bits per heavy atom. The van der Waals surface area contributed by atoms with Crippen LogP contribution >= 0.6 is 0 Å². The first-order chi connectivity index (χ1) is 13.5. The number of esters is 1. The highest BCUT2D eigenvalue weighted by Gasteiger charge is 2.31. The minimum Gasteiger partial charge on any atom is -0.481 e. The van der Waals surface area contributed by atoms with E-state index in [2.05, 4.69) is 13.8 Å². The van der Waals surface area contributed by atoms with Crippen LogP contribution in [0.2, 0.25) is 0 Å². The summed E-state index contributed by atoms with van der Waals surface area (Å²) < 4.78 is 10.8. The van der Waals surface area contributed by atoms with Crippen LogP contribution in [0.1, 0.15) is 97.3 Å². The van der Waals surface area contributed by atoms with Crippen molar-refractivity contribution in [3.63, 3.8) is 0 Å². The summed E-state index contributed by atoms with van der Waals surface area (Å²) in [5, 5.41) is 9.08. The van der Waals surface area contributed by atoms with Gasteiger partial charge in [0.15, 0.2) is 0 Å². The van der Waals surface area contributed by atoms with E-state index in [0.717, 1.165) is 31.8 Å². The summed E-state index contributed by atoms with van der Waals surface area (Å²) in [6.07, 6.45) is 14.3. The highest BCUT2D eigenvalue weighted by atomic mass is 16.6. The van der Waals surface area contributed by atoms with Crippen LogP contribution in [-0.4, -0.2) is 36.9 Å². The fourth-order valence-electron chi connectivity index (χ4n) is 3.87. The van der Waals surface area contributed by atoms with Crippen molar-refractivity contribution in [2.24, 2.45) is 17.8 Å². The molecule has 1 rings (SSSR count). The molecule has 0 spiro atoms. The van der Waals surface area contributed by atoms with Gasteiger partial charge in [-0.1, -0.05) is 71.6 Å². The Morgan fingerprint density at radius 1 is 0.857 bits per heavy atom. The molecule has 5 nitrogen and oxygen atoms in total. The van der Waals surface area contributed by atoms with Crippen molar-refractivity contribution in [2.45, 2.75) is 97.3 Å². The maximum absolute atomic E-state index is 12.0. The van der Waals surface area contributed by atoms with Gasteiger partial charge in [0, 0.05) is 6.61 Å².